The number of sulfonamides is 1. The first-order valence-electron chi connectivity index (χ1n) is 10.6. The van der Waals surface area contributed by atoms with Crippen molar-refractivity contribution >= 4 is 26.9 Å². The number of carbonyl (C=O) groups excluding carboxylic acids is 1. The lowest BCUT2D eigenvalue weighted by Gasteiger charge is -2.32. The molecule has 1 heterocycles. The number of hydrogen-bond acceptors (Lipinski definition) is 6. The Labute approximate surface area is 188 Å². The van der Waals surface area contributed by atoms with E-state index in [0.717, 1.165) is 0 Å². The average molecular weight is 468 g/mol. The second kappa shape index (κ2) is 10.5. The summed E-state index contributed by atoms with van der Waals surface area (Å²) in [5.41, 5.74) is -1.09. The molecule has 32 heavy (non-hydrogen) atoms. The molecule has 1 atom stereocenters. The van der Waals surface area contributed by atoms with Crippen molar-refractivity contribution in [3.8, 4) is 0 Å². The van der Waals surface area contributed by atoms with Gasteiger partial charge in [0.15, 0.2) is 0 Å². The molecule has 1 amide bonds. The van der Waals surface area contributed by atoms with Gasteiger partial charge in [-0.2, -0.15) is 0 Å². The van der Waals surface area contributed by atoms with E-state index in [9.17, 15) is 23.1 Å². The number of ether oxygens (including phenoxy) is 1. The predicted octanol–water partition coefficient (Wildman–Crippen LogP) is 2.45. The molecule has 3 N–H and O–H groups in total. The van der Waals surface area contributed by atoms with E-state index < -0.39 is 27.8 Å². The molecule has 0 aliphatic heterocycles. The molecule has 10 heteroatoms. The van der Waals surface area contributed by atoms with E-state index in [0.29, 0.717) is 11.8 Å². The molecule has 2 aromatic rings. The van der Waals surface area contributed by atoms with Crippen LogP contribution >= 0.6 is 0 Å². The number of aliphatic hydroxyl groups excluding tert-OH is 1. The van der Waals surface area contributed by atoms with Crippen LogP contribution in [0.25, 0.3) is 10.8 Å². The number of aromatic nitrogens is 1. The summed E-state index contributed by atoms with van der Waals surface area (Å²) >= 11 is 0. The number of nitrogens with zero attached hydrogens (tertiary/aromatic N) is 1. The number of hydrogen-bond donors (Lipinski definition) is 3. The summed E-state index contributed by atoms with van der Waals surface area (Å²) in [4.78, 5) is 28.7. The summed E-state index contributed by atoms with van der Waals surface area (Å²) in [6.45, 7) is 9.12. The summed E-state index contributed by atoms with van der Waals surface area (Å²) in [5, 5.41) is 9.80. The van der Waals surface area contributed by atoms with Crippen LogP contribution in [0.5, 0.6) is 0 Å². The number of nitrogens with one attached hydrogen (secondary N) is 2. The van der Waals surface area contributed by atoms with Crippen molar-refractivity contribution in [1.82, 2.24) is 14.6 Å². The second-order valence-corrected chi connectivity index (χ2v) is 10.7. The number of H-pyrrole nitrogens is 1. The lowest BCUT2D eigenvalue weighted by atomic mass is 10.1. The molecule has 0 radical (unpaired) electrons. The molecule has 0 bridgehead atoms. The number of carbonyl (C=O) groups is 1. The molecular weight excluding hydrogens is 434 g/mol. The van der Waals surface area contributed by atoms with Gasteiger partial charge in [-0.3, -0.25) is 4.79 Å². The van der Waals surface area contributed by atoms with Gasteiger partial charge in [0.25, 0.3) is 5.56 Å². The summed E-state index contributed by atoms with van der Waals surface area (Å²) in [6.07, 6.45) is 1.17. The molecular formula is C22H33N3O6S. The normalized spacial score (nSPS) is 13.3. The highest BCUT2D eigenvalue weighted by atomic mass is 32.2. The Bertz CT molecular complexity index is 1090. The first-order valence-corrected chi connectivity index (χ1v) is 12.1. The number of aliphatic hydroxyl groups is 1. The third kappa shape index (κ3) is 6.78. The van der Waals surface area contributed by atoms with Gasteiger partial charge in [0.05, 0.1) is 4.90 Å². The molecule has 0 saturated heterocycles. The van der Waals surface area contributed by atoms with E-state index in [1.807, 2.05) is 13.8 Å². The molecule has 178 valence electrons. The Morgan fingerprint density at radius 1 is 1.22 bits per heavy atom. The average Bonchev–Trinajstić information content (AvgIpc) is 2.68. The zero-order valence-corrected chi connectivity index (χ0v) is 20.0. The minimum atomic E-state index is -4.01. The fraction of sp³-hybridized carbons (Fsp3) is 0.545. The fourth-order valence-electron chi connectivity index (χ4n) is 3.16. The molecule has 9 nitrogen and oxygen atoms in total. The monoisotopic (exact) mass is 467 g/mol. The number of benzene rings is 1. The largest absolute Gasteiger partial charge is 0.444 e. The minimum absolute atomic E-state index is 0.00840. The Hall–Kier alpha value is -2.43. The Morgan fingerprint density at radius 2 is 1.91 bits per heavy atom. The quantitative estimate of drug-likeness (QED) is 0.520. The van der Waals surface area contributed by atoms with Crippen LogP contribution in [0.4, 0.5) is 4.79 Å². The highest BCUT2D eigenvalue weighted by Crippen LogP contribution is 2.21. The van der Waals surface area contributed by atoms with Gasteiger partial charge in [-0.05, 0) is 51.3 Å². The predicted molar refractivity (Wildman–Crippen MR) is 123 cm³/mol. The van der Waals surface area contributed by atoms with Crippen LogP contribution < -0.4 is 10.3 Å². The highest BCUT2D eigenvalue weighted by molar-refractivity contribution is 7.89. The third-order valence-electron chi connectivity index (χ3n) is 4.83. The van der Waals surface area contributed by atoms with E-state index in [-0.39, 0.29) is 41.5 Å². The number of rotatable bonds is 9. The van der Waals surface area contributed by atoms with Gasteiger partial charge in [-0.25, -0.2) is 17.9 Å². The summed E-state index contributed by atoms with van der Waals surface area (Å²) in [7, 11) is -4.01. The zero-order chi connectivity index (χ0) is 24.1. The smallest absolute Gasteiger partial charge is 0.410 e. The van der Waals surface area contributed by atoms with Gasteiger partial charge >= 0.3 is 6.09 Å². The first-order chi connectivity index (χ1) is 14.9. The van der Waals surface area contributed by atoms with Crippen molar-refractivity contribution in [2.75, 3.05) is 19.7 Å². The van der Waals surface area contributed by atoms with Gasteiger partial charge in [0.2, 0.25) is 10.0 Å². The van der Waals surface area contributed by atoms with Crippen molar-refractivity contribution in [1.29, 1.82) is 0 Å². The molecule has 0 aliphatic carbocycles. The number of aromatic amines is 1. The van der Waals surface area contributed by atoms with E-state index in [1.165, 1.54) is 23.2 Å². The number of pyridine rings is 1. The maximum atomic E-state index is 13.3. The summed E-state index contributed by atoms with van der Waals surface area (Å²) in [6, 6.07) is 5.45. The number of amides is 1. The van der Waals surface area contributed by atoms with Gasteiger partial charge in [-0.15, -0.1) is 0 Å². The molecule has 1 aromatic heterocycles. The van der Waals surface area contributed by atoms with Gasteiger partial charge < -0.3 is 19.7 Å². The van der Waals surface area contributed by atoms with Crippen molar-refractivity contribution in [2.45, 2.75) is 57.6 Å². The van der Waals surface area contributed by atoms with Crippen LogP contribution in [0, 0.1) is 5.92 Å². The molecule has 2 rings (SSSR count). The molecule has 1 aromatic carbocycles. The van der Waals surface area contributed by atoms with Gasteiger partial charge in [-0.1, -0.05) is 19.9 Å². The van der Waals surface area contributed by atoms with Crippen LogP contribution in [-0.2, 0) is 14.8 Å². The lowest BCUT2D eigenvalue weighted by molar-refractivity contribution is 0.0217. The van der Waals surface area contributed by atoms with Crippen LogP contribution in [0.2, 0.25) is 0 Å². The van der Waals surface area contributed by atoms with Crippen molar-refractivity contribution in [3.63, 3.8) is 0 Å². The minimum Gasteiger partial charge on any atom is -0.444 e. The van der Waals surface area contributed by atoms with E-state index in [2.05, 4.69) is 9.71 Å². The van der Waals surface area contributed by atoms with Crippen LogP contribution in [0.15, 0.2) is 40.2 Å². The Morgan fingerprint density at radius 3 is 2.50 bits per heavy atom. The van der Waals surface area contributed by atoms with E-state index in [1.54, 1.807) is 32.9 Å². The highest BCUT2D eigenvalue weighted by Gasteiger charge is 2.29. The molecule has 0 unspecified atom stereocenters. The Kier molecular flexibility index (Phi) is 8.44. The molecule has 0 fully saturated rings. The van der Waals surface area contributed by atoms with Crippen LogP contribution in [0.1, 0.15) is 41.0 Å². The maximum absolute atomic E-state index is 13.3. The van der Waals surface area contributed by atoms with Crippen molar-refractivity contribution in [3.05, 3.63) is 40.8 Å². The van der Waals surface area contributed by atoms with Crippen LogP contribution in [-0.4, -0.2) is 60.8 Å². The zero-order valence-electron chi connectivity index (χ0n) is 19.2. The lowest BCUT2D eigenvalue weighted by Crippen LogP contribution is -2.49. The second-order valence-electron chi connectivity index (χ2n) is 9.00. The van der Waals surface area contributed by atoms with Crippen molar-refractivity contribution < 1.29 is 23.1 Å². The van der Waals surface area contributed by atoms with Gasteiger partial charge in [0, 0.05) is 42.7 Å². The molecule has 0 saturated carbocycles. The molecule has 0 spiro atoms. The maximum Gasteiger partial charge on any atom is 0.410 e. The Balaban J connectivity index is 2.34. The fourth-order valence-corrected chi connectivity index (χ4v) is 4.75. The van der Waals surface area contributed by atoms with Crippen molar-refractivity contribution in [2.24, 2.45) is 5.92 Å². The SMILES string of the molecule is CC(C)[C@H](CN(CCCO)C(=O)OC(C)(C)C)NS(=O)(=O)c1cccc2c(=O)[nH]ccc12. The van der Waals surface area contributed by atoms with E-state index >= 15 is 0 Å². The summed E-state index contributed by atoms with van der Waals surface area (Å²) < 4.78 is 34.7. The first kappa shape index (κ1) is 25.8. The topological polar surface area (TPSA) is 129 Å². The third-order valence-corrected chi connectivity index (χ3v) is 6.38. The standard InChI is InChI=1S/C22H33N3O6S/c1-15(2)18(14-25(12-7-13-26)21(28)31-22(3,4)5)24-32(29,30)19-9-6-8-17-16(19)10-11-23-20(17)27/h6,8-11,15,18,24,26H,7,12-14H2,1-5H3,(H,23,27)/t18-/m0/s1. The van der Waals surface area contributed by atoms with E-state index in [4.69, 9.17) is 4.74 Å². The van der Waals surface area contributed by atoms with Crippen LogP contribution in [0.3, 0.4) is 0 Å². The number of fused-ring (bicyclic) bond motifs is 1. The molecule has 0 aliphatic rings. The summed E-state index contributed by atoms with van der Waals surface area (Å²) in [5.74, 6) is -0.151. The van der Waals surface area contributed by atoms with Gasteiger partial charge in [0.1, 0.15) is 5.60 Å².